The molecule has 0 spiro atoms. The normalized spacial score (nSPS) is 20.7. The minimum absolute atomic E-state index is 0.0299. The van der Waals surface area contributed by atoms with Gasteiger partial charge in [-0.25, -0.2) is 4.98 Å². The van der Waals surface area contributed by atoms with E-state index in [1.165, 1.54) is 6.08 Å². The Morgan fingerprint density at radius 3 is 2.71 bits per heavy atom. The third kappa shape index (κ3) is 7.10. The number of hydrogen-bond acceptors (Lipinski definition) is 5. The van der Waals surface area contributed by atoms with Crippen LogP contribution >= 0.6 is 0 Å². The number of alkyl halides is 3. The van der Waals surface area contributed by atoms with Gasteiger partial charge < -0.3 is 20.1 Å². The Hall–Kier alpha value is -3.00. The summed E-state index contributed by atoms with van der Waals surface area (Å²) >= 11 is 0. The summed E-state index contributed by atoms with van der Waals surface area (Å²) in [7, 11) is 1.65. The van der Waals surface area contributed by atoms with Crippen LogP contribution in [0.4, 0.5) is 19.0 Å². The third-order valence-corrected chi connectivity index (χ3v) is 6.81. The SMILES string of the molecule is C/C=C\C(=C/C(CCC)C(F)(F)F)C(OC1=C(C)CCCC1Nc1nccc2c1C=CNC2OC)=C(C)C. The quantitative estimate of drug-likeness (QED) is 0.235. The number of nitrogens with zero attached hydrogens (tertiary/aromatic N) is 1. The van der Waals surface area contributed by atoms with Crippen LogP contribution in [0.1, 0.15) is 84.1 Å². The standard InChI is InChI=1S/C30H40F3N3O2/c1-7-10-21(18-22(11-8-2)30(31,32)33)26(19(3)4)38-27-20(5)12-9-13-25(27)36-28-23-14-17-35-29(37-6)24(23)15-16-34-28/h7,10,14-18,22,25,29,35H,8-9,11-13H2,1-6H3,(H,34,36)/b10-7-,21-18+. The lowest BCUT2D eigenvalue weighted by Crippen LogP contribution is -2.30. The molecule has 5 nitrogen and oxygen atoms in total. The molecular weight excluding hydrogens is 491 g/mol. The Bertz CT molecular complexity index is 1130. The molecule has 3 unspecified atom stereocenters. The lowest BCUT2D eigenvalue weighted by Gasteiger charge is -2.31. The van der Waals surface area contributed by atoms with Crippen molar-refractivity contribution in [1.29, 1.82) is 0 Å². The summed E-state index contributed by atoms with van der Waals surface area (Å²) in [6.07, 6.45) is 8.83. The van der Waals surface area contributed by atoms with Crippen molar-refractivity contribution in [3.05, 3.63) is 76.1 Å². The highest BCUT2D eigenvalue weighted by Crippen LogP contribution is 2.37. The highest BCUT2D eigenvalue weighted by molar-refractivity contribution is 5.68. The molecule has 0 amide bonds. The molecule has 38 heavy (non-hydrogen) atoms. The zero-order valence-corrected chi connectivity index (χ0v) is 23.2. The molecule has 1 aromatic rings. The molecule has 1 aromatic heterocycles. The first-order valence-corrected chi connectivity index (χ1v) is 13.3. The summed E-state index contributed by atoms with van der Waals surface area (Å²) in [5, 5.41) is 6.74. The Balaban J connectivity index is 1.98. The van der Waals surface area contributed by atoms with Gasteiger partial charge >= 0.3 is 6.18 Å². The van der Waals surface area contributed by atoms with Gasteiger partial charge in [0.1, 0.15) is 17.3 Å². The van der Waals surface area contributed by atoms with Crippen molar-refractivity contribution < 1.29 is 22.6 Å². The van der Waals surface area contributed by atoms with Crippen LogP contribution in [-0.2, 0) is 9.47 Å². The summed E-state index contributed by atoms with van der Waals surface area (Å²) in [4.78, 5) is 4.60. The molecule has 2 aliphatic rings. The second-order valence-electron chi connectivity index (χ2n) is 10.0. The van der Waals surface area contributed by atoms with E-state index in [0.29, 0.717) is 23.6 Å². The highest BCUT2D eigenvalue weighted by Gasteiger charge is 2.38. The Kier molecular flexibility index (Phi) is 10.3. The molecule has 1 aliphatic carbocycles. The molecule has 1 aliphatic heterocycles. The van der Waals surface area contributed by atoms with E-state index >= 15 is 0 Å². The minimum Gasteiger partial charge on any atom is -0.459 e. The molecule has 0 bridgehead atoms. The van der Waals surface area contributed by atoms with Crippen molar-refractivity contribution in [2.75, 3.05) is 12.4 Å². The second kappa shape index (κ2) is 13.2. The van der Waals surface area contributed by atoms with E-state index < -0.39 is 12.1 Å². The Morgan fingerprint density at radius 1 is 1.32 bits per heavy atom. The number of methoxy groups -OCH3 is 1. The molecular formula is C30H40F3N3O2. The van der Waals surface area contributed by atoms with Gasteiger partial charge in [-0.05, 0) is 82.9 Å². The predicted molar refractivity (Wildman–Crippen MR) is 147 cm³/mol. The fourth-order valence-corrected chi connectivity index (χ4v) is 4.91. The first kappa shape index (κ1) is 29.6. The van der Waals surface area contributed by atoms with Crippen molar-refractivity contribution in [2.45, 2.75) is 85.2 Å². The van der Waals surface area contributed by atoms with Gasteiger partial charge in [0.2, 0.25) is 0 Å². The molecule has 8 heteroatoms. The summed E-state index contributed by atoms with van der Waals surface area (Å²) in [5.74, 6) is 0.373. The number of pyridine rings is 1. The van der Waals surface area contributed by atoms with E-state index in [1.54, 1.807) is 39.3 Å². The van der Waals surface area contributed by atoms with E-state index in [4.69, 9.17) is 9.47 Å². The molecule has 0 aromatic carbocycles. The van der Waals surface area contributed by atoms with E-state index in [-0.39, 0.29) is 18.7 Å². The van der Waals surface area contributed by atoms with E-state index in [2.05, 4.69) is 15.6 Å². The first-order valence-electron chi connectivity index (χ1n) is 13.3. The number of anilines is 1. The van der Waals surface area contributed by atoms with Crippen LogP contribution in [0.25, 0.3) is 6.08 Å². The number of fused-ring (bicyclic) bond motifs is 1. The molecule has 2 heterocycles. The van der Waals surface area contributed by atoms with E-state index in [1.807, 2.05) is 39.1 Å². The van der Waals surface area contributed by atoms with Gasteiger partial charge in [0, 0.05) is 30.0 Å². The molecule has 208 valence electrons. The monoisotopic (exact) mass is 531 g/mol. The molecule has 0 fully saturated rings. The topological polar surface area (TPSA) is 55.4 Å². The maximum atomic E-state index is 13.8. The van der Waals surface area contributed by atoms with E-state index in [0.717, 1.165) is 47.3 Å². The summed E-state index contributed by atoms with van der Waals surface area (Å²) in [6, 6.07) is 1.75. The highest BCUT2D eigenvalue weighted by atomic mass is 19.4. The van der Waals surface area contributed by atoms with Gasteiger partial charge in [-0.2, -0.15) is 13.2 Å². The molecule has 0 radical (unpaired) electrons. The Morgan fingerprint density at radius 2 is 2.08 bits per heavy atom. The maximum Gasteiger partial charge on any atom is 0.395 e. The van der Waals surface area contributed by atoms with Crippen LogP contribution in [0.3, 0.4) is 0 Å². The fourth-order valence-electron chi connectivity index (χ4n) is 4.91. The molecule has 0 saturated heterocycles. The fraction of sp³-hybridized carbons (Fsp3) is 0.500. The van der Waals surface area contributed by atoms with Crippen molar-refractivity contribution in [3.63, 3.8) is 0 Å². The number of allylic oxidation sites excluding steroid dienone is 5. The van der Waals surface area contributed by atoms with Crippen molar-refractivity contribution >= 4 is 11.9 Å². The van der Waals surface area contributed by atoms with Gasteiger partial charge in [-0.15, -0.1) is 0 Å². The Labute approximate surface area is 224 Å². The first-order chi connectivity index (χ1) is 18.1. The lowest BCUT2D eigenvalue weighted by molar-refractivity contribution is -0.162. The summed E-state index contributed by atoms with van der Waals surface area (Å²) < 4.78 is 53.6. The van der Waals surface area contributed by atoms with Crippen LogP contribution in [0, 0.1) is 5.92 Å². The molecule has 3 atom stereocenters. The van der Waals surface area contributed by atoms with Gasteiger partial charge in [0.15, 0.2) is 6.23 Å². The predicted octanol–water partition coefficient (Wildman–Crippen LogP) is 8.33. The van der Waals surface area contributed by atoms with Gasteiger partial charge in [0.05, 0.1) is 12.0 Å². The summed E-state index contributed by atoms with van der Waals surface area (Å²) in [6.45, 7) is 9.33. The van der Waals surface area contributed by atoms with Crippen LogP contribution in [0.5, 0.6) is 0 Å². The van der Waals surface area contributed by atoms with Crippen molar-refractivity contribution in [2.24, 2.45) is 5.92 Å². The zero-order valence-electron chi connectivity index (χ0n) is 23.2. The van der Waals surface area contributed by atoms with Gasteiger partial charge in [0.25, 0.3) is 0 Å². The number of hydrogen-bond donors (Lipinski definition) is 2. The third-order valence-electron chi connectivity index (χ3n) is 6.81. The van der Waals surface area contributed by atoms with Crippen LogP contribution in [-0.4, -0.2) is 24.3 Å². The largest absolute Gasteiger partial charge is 0.459 e. The van der Waals surface area contributed by atoms with Crippen LogP contribution < -0.4 is 10.6 Å². The van der Waals surface area contributed by atoms with Crippen LogP contribution in [0.15, 0.2) is 64.9 Å². The average molecular weight is 532 g/mol. The minimum atomic E-state index is -4.32. The second-order valence-corrected chi connectivity index (χ2v) is 10.0. The number of aromatic nitrogens is 1. The molecule has 2 N–H and O–H groups in total. The lowest BCUT2D eigenvalue weighted by atomic mass is 9.93. The maximum absolute atomic E-state index is 13.8. The zero-order chi connectivity index (χ0) is 27.9. The molecule has 3 rings (SSSR count). The van der Waals surface area contributed by atoms with E-state index in [9.17, 15) is 13.2 Å². The van der Waals surface area contributed by atoms with Crippen molar-refractivity contribution in [1.82, 2.24) is 10.3 Å². The average Bonchev–Trinajstić information content (AvgIpc) is 2.87. The smallest absolute Gasteiger partial charge is 0.395 e. The summed E-state index contributed by atoms with van der Waals surface area (Å²) in [5.41, 5.74) is 4.24. The van der Waals surface area contributed by atoms with Gasteiger partial charge in [-0.1, -0.05) is 31.6 Å². The molecule has 0 saturated carbocycles. The van der Waals surface area contributed by atoms with Crippen LogP contribution in [0.2, 0.25) is 0 Å². The van der Waals surface area contributed by atoms with Crippen molar-refractivity contribution in [3.8, 4) is 0 Å². The van der Waals surface area contributed by atoms with Gasteiger partial charge in [-0.3, -0.25) is 0 Å². The number of halogens is 3. The number of rotatable bonds is 10. The number of ether oxygens (including phenoxy) is 2. The number of nitrogens with one attached hydrogen (secondary N) is 2.